The minimum Gasteiger partial charge on any atom is -0.206 e. The Morgan fingerprint density at radius 2 is 1.89 bits per heavy atom. The van der Waals surface area contributed by atoms with E-state index in [2.05, 4.69) is 15.9 Å². The van der Waals surface area contributed by atoms with Gasteiger partial charge in [-0.15, -0.1) is 11.3 Å². The molecule has 0 saturated heterocycles. The third-order valence-corrected chi connectivity index (χ3v) is 6.78. The highest BCUT2D eigenvalue weighted by atomic mass is 79.9. The molecule has 0 atom stereocenters. The third-order valence-electron chi connectivity index (χ3n) is 2.73. The standard InChI is InChI=1S/C13H14BrNO2S2/c1-10-7-8-13(18-10)19(16,17)15(2)9-11-5-3-4-6-12(11)14/h3-8H,9H2,1-2H3. The van der Waals surface area contributed by atoms with Crippen molar-refractivity contribution in [2.45, 2.75) is 17.7 Å². The summed E-state index contributed by atoms with van der Waals surface area (Å²) in [5.41, 5.74) is 0.946. The molecule has 3 nitrogen and oxygen atoms in total. The summed E-state index contributed by atoms with van der Waals surface area (Å²) in [5, 5.41) is 0. The quantitative estimate of drug-likeness (QED) is 0.835. The molecule has 0 fully saturated rings. The molecule has 0 radical (unpaired) electrons. The van der Waals surface area contributed by atoms with E-state index in [9.17, 15) is 8.42 Å². The molecule has 0 bridgehead atoms. The molecule has 1 aromatic carbocycles. The van der Waals surface area contributed by atoms with Crippen molar-refractivity contribution in [3.05, 3.63) is 51.3 Å². The zero-order valence-corrected chi connectivity index (χ0v) is 13.8. The van der Waals surface area contributed by atoms with Gasteiger partial charge in [-0.3, -0.25) is 0 Å². The average molecular weight is 360 g/mol. The smallest absolute Gasteiger partial charge is 0.206 e. The lowest BCUT2D eigenvalue weighted by molar-refractivity contribution is 0.468. The van der Waals surface area contributed by atoms with E-state index in [1.807, 2.05) is 37.3 Å². The van der Waals surface area contributed by atoms with Crippen LogP contribution in [0.15, 0.2) is 45.1 Å². The maximum Gasteiger partial charge on any atom is 0.252 e. The maximum atomic E-state index is 12.4. The molecule has 0 N–H and O–H groups in total. The molecule has 102 valence electrons. The Bertz CT molecular complexity index is 679. The Kier molecular flexibility index (Phi) is 4.45. The van der Waals surface area contributed by atoms with Crippen molar-refractivity contribution in [2.75, 3.05) is 7.05 Å². The number of hydrogen-bond donors (Lipinski definition) is 0. The molecule has 1 heterocycles. The van der Waals surface area contributed by atoms with Gasteiger partial charge < -0.3 is 0 Å². The molecule has 0 unspecified atom stereocenters. The predicted octanol–water partition coefficient (Wildman–Crippen LogP) is 3.64. The van der Waals surface area contributed by atoms with Crippen LogP contribution < -0.4 is 0 Å². The van der Waals surface area contributed by atoms with Gasteiger partial charge in [-0.25, -0.2) is 8.42 Å². The van der Waals surface area contributed by atoms with Crippen molar-refractivity contribution in [3.8, 4) is 0 Å². The van der Waals surface area contributed by atoms with Gasteiger partial charge in [0.05, 0.1) is 0 Å². The van der Waals surface area contributed by atoms with E-state index in [0.717, 1.165) is 14.9 Å². The van der Waals surface area contributed by atoms with Crippen molar-refractivity contribution >= 4 is 37.3 Å². The van der Waals surface area contributed by atoms with Gasteiger partial charge in [-0.1, -0.05) is 34.1 Å². The summed E-state index contributed by atoms with van der Waals surface area (Å²) < 4.78 is 27.4. The lowest BCUT2D eigenvalue weighted by atomic mass is 10.2. The molecular weight excluding hydrogens is 346 g/mol. The van der Waals surface area contributed by atoms with Crippen LogP contribution >= 0.6 is 27.3 Å². The topological polar surface area (TPSA) is 37.4 Å². The number of hydrogen-bond acceptors (Lipinski definition) is 3. The molecule has 19 heavy (non-hydrogen) atoms. The molecule has 2 rings (SSSR count). The van der Waals surface area contributed by atoms with E-state index in [0.29, 0.717) is 10.8 Å². The SMILES string of the molecule is Cc1ccc(S(=O)(=O)N(C)Cc2ccccc2Br)s1. The second-order valence-corrected chi connectivity index (χ2v) is 8.63. The van der Waals surface area contributed by atoms with Gasteiger partial charge in [0.1, 0.15) is 4.21 Å². The number of sulfonamides is 1. The van der Waals surface area contributed by atoms with Crippen LogP contribution in [0, 0.1) is 6.92 Å². The first-order chi connectivity index (χ1) is 8.91. The summed E-state index contributed by atoms with van der Waals surface area (Å²) in [6.07, 6.45) is 0. The molecule has 0 amide bonds. The van der Waals surface area contributed by atoms with Gasteiger partial charge in [0.2, 0.25) is 0 Å². The summed E-state index contributed by atoms with van der Waals surface area (Å²) in [4.78, 5) is 0.993. The highest BCUT2D eigenvalue weighted by Gasteiger charge is 2.22. The van der Waals surface area contributed by atoms with Crippen LogP contribution in [0.4, 0.5) is 0 Å². The van der Waals surface area contributed by atoms with Crippen LogP contribution in [0.2, 0.25) is 0 Å². The Hall–Kier alpha value is -0.690. The normalized spacial score (nSPS) is 12.0. The molecule has 0 spiro atoms. The molecule has 0 saturated carbocycles. The summed E-state index contributed by atoms with van der Waals surface area (Å²) in [5.74, 6) is 0. The summed E-state index contributed by atoms with van der Waals surface area (Å²) in [7, 11) is -1.80. The van der Waals surface area contributed by atoms with Crippen molar-refractivity contribution in [1.29, 1.82) is 0 Å². The first-order valence-electron chi connectivity index (χ1n) is 5.67. The van der Waals surface area contributed by atoms with Crippen molar-refractivity contribution in [2.24, 2.45) is 0 Å². The minimum atomic E-state index is -3.40. The number of benzene rings is 1. The van der Waals surface area contributed by atoms with E-state index in [-0.39, 0.29) is 0 Å². The van der Waals surface area contributed by atoms with E-state index in [1.54, 1.807) is 13.1 Å². The highest BCUT2D eigenvalue weighted by Crippen LogP contribution is 2.26. The summed E-state index contributed by atoms with van der Waals surface area (Å²) in [6.45, 7) is 2.25. The van der Waals surface area contributed by atoms with Crippen LogP contribution in [-0.2, 0) is 16.6 Å². The van der Waals surface area contributed by atoms with Gasteiger partial charge in [0.15, 0.2) is 0 Å². The molecule has 0 aliphatic carbocycles. The molecular formula is C13H14BrNO2S2. The fourth-order valence-electron chi connectivity index (χ4n) is 1.66. The third kappa shape index (κ3) is 3.25. The number of thiophene rings is 1. The second-order valence-electron chi connectivity index (χ2n) is 4.22. The number of rotatable bonds is 4. The first kappa shape index (κ1) is 14.7. The monoisotopic (exact) mass is 359 g/mol. The van der Waals surface area contributed by atoms with Crippen LogP contribution in [0.5, 0.6) is 0 Å². The maximum absolute atomic E-state index is 12.4. The minimum absolute atomic E-state index is 0.348. The van der Waals surface area contributed by atoms with Gasteiger partial charge in [-0.2, -0.15) is 4.31 Å². The molecule has 6 heteroatoms. The summed E-state index contributed by atoms with van der Waals surface area (Å²) >= 11 is 4.73. The zero-order valence-electron chi connectivity index (χ0n) is 10.6. The molecule has 1 aromatic heterocycles. The van der Waals surface area contributed by atoms with Crippen LogP contribution in [-0.4, -0.2) is 19.8 Å². The van der Waals surface area contributed by atoms with Gasteiger partial charge >= 0.3 is 0 Å². The molecule has 2 aromatic rings. The van der Waals surface area contributed by atoms with E-state index in [1.165, 1.54) is 15.6 Å². The van der Waals surface area contributed by atoms with E-state index in [4.69, 9.17) is 0 Å². The zero-order chi connectivity index (χ0) is 14.0. The van der Waals surface area contributed by atoms with Crippen molar-refractivity contribution in [3.63, 3.8) is 0 Å². The lowest BCUT2D eigenvalue weighted by Crippen LogP contribution is -2.25. The number of aryl methyl sites for hydroxylation is 1. The van der Waals surface area contributed by atoms with Crippen LogP contribution in [0.25, 0.3) is 0 Å². The average Bonchev–Trinajstić information content (AvgIpc) is 2.79. The molecule has 0 aliphatic rings. The van der Waals surface area contributed by atoms with Gasteiger partial charge in [0.25, 0.3) is 10.0 Å². The van der Waals surface area contributed by atoms with Gasteiger partial charge in [-0.05, 0) is 30.7 Å². The van der Waals surface area contributed by atoms with E-state index >= 15 is 0 Å². The second kappa shape index (κ2) is 5.75. The largest absolute Gasteiger partial charge is 0.252 e. The summed E-state index contributed by atoms with van der Waals surface area (Å²) in [6, 6.07) is 11.1. The van der Waals surface area contributed by atoms with Crippen molar-refractivity contribution < 1.29 is 8.42 Å². The first-order valence-corrected chi connectivity index (χ1v) is 8.72. The van der Waals surface area contributed by atoms with Crippen LogP contribution in [0.1, 0.15) is 10.4 Å². The predicted molar refractivity (Wildman–Crippen MR) is 81.9 cm³/mol. The fourth-order valence-corrected chi connectivity index (χ4v) is 4.71. The van der Waals surface area contributed by atoms with Crippen molar-refractivity contribution in [1.82, 2.24) is 4.31 Å². The van der Waals surface area contributed by atoms with E-state index < -0.39 is 10.0 Å². The number of nitrogens with zero attached hydrogens (tertiary/aromatic N) is 1. The Morgan fingerprint density at radius 1 is 1.21 bits per heavy atom. The van der Waals surface area contributed by atoms with Crippen LogP contribution in [0.3, 0.4) is 0 Å². The Morgan fingerprint density at radius 3 is 2.47 bits per heavy atom. The Labute approximate surface area is 126 Å². The molecule has 0 aliphatic heterocycles. The lowest BCUT2D eigenvalue weighted by Gasteiger charge is -2.16. The Balaban J connectivity index is 2.25. The fraction of sp³-hybridized carbons (Fsp3) is 0.231. The van der Waals surface area contributed by atoms with Gasteiger partial charge in [0, 0.05) is 22.9 Å². The highest BCUT2D eigenvalue weighted by molar-refractivity contribution is 9.10. The number of halogens is 1.